The highest BCUT2D eigenvalue weighted by atomic mass is 16.5. The first-order valence-electron chi connectivity index (χ1n) is 6.68. The maximum absolute atomic E-state index is 12.1. The van der Waals surface area contributed by atoms with Crippen molar-refractivity contribution < 1.29 is 14.3 Å². The standard InChI is InChI=1S/C14H17N3O3/c1-20-9-4-2-8(3-5-9)10-6-7-15-12-11(10)13(18)17-14(19)16-12/h2-5,10-12,15H,6-7H2,1H3,(H2,16,17,18,19). The van der Waals surface area contributed by atoms with E-state index in [4.69, 9.17) is 4.74 Å². The van der Waals surface area contributed by atoms with Crippen LogP contribution in [-0.2, 0) is 4.79 Å². The van der Waals surface area contributed by atoms with E-state index in [1.165, 1.54) is 0 Å². The summed E-state index contributed by atoms with van der Waals surface area (Å²) in [7, 11) is 1.62. The van der Waals surface area contributed by atoms with E-state index >= 15 is 0 Å². The summed E-state index contributed by atoms with van der Waals surface area (Å²) < 4.78 is 5.15. The first-order valence-corrected chi connectivity index (χ1v) is 6.68. The van der Waals surface area contributed by atoms with E-state index in [-0.39, 0.29) is 23.9 Å². The Hall–Kier alpha value is -2.08. The zero-order valence-electron chi connectivity index (χ0n) is 11.2. The molecule has 0 bridgehead atoms. The molecule has 2 heterocycles. The smallest absolute Gasteiger partial charge is 0.322 e. The summed E-state index contributed by atoms with van der Waals surface area (Å²) in [5.41, 5.74) is 1.09. The number of carbonyl (C=O) groups excluding carboxylic acids is 2. The number of fused-ring (bicyclic) bond motifs is 1. The van der Waals surface area contributed by atoms with Crippen LogP contribution in [0.5, 0.6) is 5.75 Å². The van der Waals surface area contributed by atoms with E-state index in [0.717, 1.165) is 24.3 Å². The number of piperidine rings is 1. The molecule has 0 spiro atoms. The number of hydrogen-bond donors (Lipinski definition) is 3. The normalized spacial score (nSPS) is 29.1. The Morgan fingerprint density at radius 1 is 1.20 bits per heavy atom. The minimum Gasteiger partial charge on any atom is -0.497 e. The molecular formula is C14H17N3O3. The molecule has 1 aromatic carbocycles. The van der Waals surface area contributed by atoms with Gasteiger partial charge in [-0.15, -0.1) is 0 Å². The lowest BCUT2D eigenvalue weighted by Crippen LogP contribution is -2.66. The number of rotatable bonds is 2. The van der Waals surface area contributed by atoms with Gasteiger partial charge in [-0.1, -0.05) is 12.1 Å². The second kappa shape index (κ2) is 5.13. The van der Waals surface area contributed by atoms with Crippen molar-refractivity contribution in [3.05, 3.63) is 29.8 Å². The molecule has 20 heavy (non-hydrogen) atoms. The molecule has 2 aliphatic heterocycles. The maximum Gasteiger partial charge on any atom is 0.322 e. The highest BCUT2D eigenvalue weighted by Gasteiger charge is 2.43. The molecule has 3 atom stereocenters. The minimum absolute atomic E-state index is 0.0905. The van der Waals surface area contributed by atoms with Crippen molar-refractivity contribution in [2.45, 2.75) is 18.5 Å². The Morgan fingerprint density at radius 2 is 1.95 bits per heavy atom. The molecule has 1 aromatic rings. The molecule has 6 nitrogen and oxygen atoms in total. The molecule has 2 aliphatic rings. The second-order valence-electron chi connectivity index (χ2n) is 5.09. The summed E-state index contributed by atoms with van der Waals surface area (Å²) in [5, 5.41) is 8.30. The number of urea groups is 1. The van der Waals surface area contributed by atoms with Gasteiger partial charge in [0.25, 0.3) is 0 Å². The van der Waals surface area contributed by atoms with Crippen molar-refractivity contribution in [2.24, 2.45) is 5.92 Å². The average Bonchev–Trinajstić information content (AvgIpc) is 2.46. The number of imide groups is 1. The Bertz CT molecular complexity index is 529. The van der Waals surface area contributed by atoms with Crippen LogP contribution >= 0.6 is 0 Å². The first-order chi connectivity index (χ1) is 9.69. The van der Waals surface area contributed by atoms with Gasteiger partial charge in [-0.25, -0.2) is 4.79 Å². The van der Waals surface area contributed by atoms with Crippen molar-refractivity contribution in [3.8, 4) is 5.75 Å². The topological polar surface area (TPSA) is 79.5 Å². The van der Waals surface area contributed by atoms with Gasteiger partial charge in [0.1, 0.15) is 5.75 Å². The highest BCUT2D eigenvalue weighted by Crippen LogP contribution is 2.34. The molecule has 0 aliphatic carbocycles. The van der Waals surface area contributed by atoms with E-state index in [0.29, 0.717) is 0 Å². The SMILES string of the molecule is COc1ccc(C2CCNC3NC(=O)NC(=O)C32)cc1. The summed E-state index contributed by atoms with van der Waals surface area (Å²) in [6, 6.07) is 7.32. The molecule has 2 saturated heterocycles. The van der Waals surface area contributed by atoms with Gasteiger partial charge in [-0.2, -0.15) is 0 Å². The number of amides is 3. The number of benzene rings is 1. The number of carbonyl (C=O) groups is 2. The fraction of sp³-hybridized carbons (Fsp3) is 0.429. The zero-order valence-corrected chi connectivity index (χ0v) is 11.2. The van der Waals surface area contributed by atoms with E-state index in [1.807, 2.05) is 24.3 Å². The Labute approximate surface area is 116 Å². The monoisotopic (exact) mass is 275 g/mol. The van der Waals surface area contributed by atoms with Gasteiger partial charge in [0, 0.05) is 0 Å². The Balaban J connectivity index is 1.87. The van der Waals surface area contributed by atoms with Crippen molar-refractivity contribution in [2.75, 3.05) is 13.7 Å². The molecule has 3 amide bonds. The minimum atomic E-state index is -0.431. The zero-order chi connectivity index (χ0) is 14.1. The van der Waals surface area contributed by atoms with E-state index in [2.05, 4.69) is 16.0 Å². The third-order valence-corrected chi connectivity index (χ3v) is 3.98. The molecular weight excluding hydrogens is 258 g/mol. The summed E-state index contributed by atoms with van der Waals surface area (Å²) in [5.74, 6) is 0.384. The van der Waals surface area contributed by atoms with Crippen molar-refractivity contribution >= 4 is 11.9 Å². The van der Waals surface area contributed by atoms with Crippen LogP contribution in [0.1, 0.15) is 17.9 Å². The molecule has 0 aromatic heterocycles. The second-order valence-corrected chi connectivity index (χ2v) is 5.09. The lowest BCUT2D eigenvalue weighted by molar-refractivity contribution is -0.127. The highest BCUT2D eigenvalue weighted by molar-refractivity contribution is 5.99. The summed E-state index contributed by atoms with van der Waals surface area (Å²) in [6.07, 6.45) is 0.564. The molecule has 3 unspecified atom stereocenters. The third-order valence-electron chi connectivity index (χ3n) is 3.98. The van der Waals surface area contributed by atoms with Crippen LogP contribution in [-0.4, -0.2) is 31.8 Å². The van der Waals surface area contributed by atoms with Crippen LogP contribution in [0.3, 0.4) is 0 Å². The van der Waals surface area contributed by atoms with Gasteiger partial charge >= 0.3 is 6.03 Å². The molecule has 2 fully saturated rings. The Kier molecular flexibility index (Phi) is 3.31. The summed E-state index contributed by atoms with van der Waals surface area (Å²) >= 11 is 0. The van der Waals surface area contributed by atoms with Crippen LogP contribution in [0.2, 0.25) is 0 Å². The van der Waals surface area contributed by atoms with Crippen LogP contribution in [0, 0.1) is 5.92 Å². The lowest BCUT2D eigenvalue weighted by Gasteiger charge is -2.41. The molecule has 3 rings (SSSR count). The first kappa shape index (κ1) is 12.9. The molecule has 0 radical (unpaired) electrons. The predicted molar refractivity (Wildman–Crippen MR) is 72.3 cm³/mol. The fourth-order valence-electron chi connectivity index (χ4n) is 3.01. The van der Waals surface area contributed by atoms with Gasteiger partial charge in [0.15, 0.2) is 0 Å². The molecule has 6 heteroatoms. The lowest BCUT2D eigenvalue weighted by atomic mass is 9.78. The third kappa shape index (κ3) is 2.22. The van der Waals surface area contributed by atoms with Gasteiger partial charge in [0.2, 0.25) is 5.91 Å². The van der Waals surface area contributed by atoms with E-state index in [9.17, 15) is 9.59 Å². The van der Waals surface area contributed by atoms with E-state index < -0.39 is 6.03 Å². The number of hydrogen-bond acceptors (Lipinski definition) is 4. The van der Waals surface area contributed by atoms with Gasteiger partial charge in [0.05, 0.1) is 19.2 Å². The fourth-order valence-corrected chi connectivity index (χ4v) is 3.01. The Morgan fingerprint density at radius 3 is 2.65 bits per heavy atom. The van der Waals surface area contributed by atoms with Gasteiger partial charge < -0.3 is 10.1 Å². The number of nitrogens with one attached hydrogen (secondary N) is 3. The maximum atomic E-state index is 12.1. The average molecular weight is 275 g/mol. The predicted octanol–water partition coefficient (Wildman–Crippen LogP) is 0.554. The molecule has 106 valence electrons. The van der Waals surface area contributed by atoms with Crippen LogP contribution in [0.25, 0.3) is 0 Å². The van der Waals surface area contributed by atoms with Crippen molar-refractivity contribution in [3.63, 3.8) is 0 Å². The summed E-state index contributed by atoms with van der Waals surface area (Å²) in [4.78, 5) is 23.5. The van der Waals surface area contributed by atoms with Crippen LogP contribution in [0.4, 0.5) is 4.79 Å². The number of ether oxygens (including phenoxy) is 1. The van der Waals surface area contributed by atoms with Crippen LogP contribution < -0.4 is 20.7 Å². The largest absolute Gasteiger partial charge is 0.497 e. The molecule has 0 saturated carbocycles. The van der Waals surface area contributed by atoms with E-state index in [1.54, 1.807) is 7.11 Å². The summed E-state index contributed by atoms with van der Waals surface area (Å²) in [6.45, 7) is 0.769. The van der Waals surface area contributed by atoms with Crippen molar-refractivity contribution in [1.29, 1.82) is 0 Å². The van der Waals surface area contributed by atoms with Gasteiger partial charge in [-0.05, 0) is 36.6 Å². The quantitative estimate of drug-likeness (QED) is 0.736. The van der Waals surface area contributed by atoms with Crippen LogP contribution in [0.15, 0.2) is 24.3 Å². The van der Waals surface area contributed by atoms with Gasteiger partial charge in [-0.3, -0.25) is 15.4 Å². The number of methoxy groups -OCH3 is 1. The molecule has 3 N–H and O–H groups in total. The van der Waals surface area contributed by atoms with Crippen molar-refractivity contribution in [1.82, 2.24) is 16.0 Å².